The zero-order chi connectivity index (χ0) is 15.9. The number of nitrogens with zero attached hydrogens (tertiary/aromatic N) is 6. The van der Waals surface area contributed by atoms with E-state index in [0.717, 1.165) is 0 Å². The van der Waals surface area contributed by atoms with Crippen molar-refractivity contribution in [1.29, 1.82) is 0 Å². The van der Waals surface area contributed by atoms with Crippen LogP contribution < -0.4 is 154 Å². The van der Waals surface area contributed by atoms with Gasteiger partial charge >= 0.3 is 251 Å². The van der Waals surface area contributed by atoms with Gasteiger partial charge in [0.2, 0.25) is 0 Å². The molecule has 0 heterocycles. The van der Waals surface area contributed by atoms with Gasteiger partial charge in [-0.05, 0) is 0 Å². The first kappa shape index (κ1) is 31.7. The second-order valence-electron chi connectivity index (χ2n) is 2.18. The summed E-state index contributed by atoms with van der Waals surface area (Å²) in [6.07, 6.45) is 0. The van der Waals surface area contributed by atoms with E-state index in [0.29, 0.717) is 0 Å². The minimum atomic E-state index is -11.1. The topological polar surface area (TPSA) is 259 Å². The van der Waals surface area contributed by atoms with Crippen molar-refractivity contribution in [3.05, 3.63) is 60.7 Å². The molecule has 22 heavy (non-hydrogen) atoms. The van der Waals surface area contributed by atoms with E-state index in [1.54, 1.807) is 0 Å². The Balaban J connectivity index is -0.000000540. The Labute approximate surface area is 244 Å². The molecule has 0 spiro atoms. The van der Waals surface area contributed by atoms with E-state index in [-0.39, 0.29) is 154 Å². The number of hydrogen-bond acceptors (Lipinski definition) is 12. The molecule has 18 nitrogen and oxygen atoms in total. The van der Waals surface area contributed by atoms with E-state index >= 15 is 0 Å². The SMILES string of the molecule is O=[N+]([O-])[Ir-3]([N+](=O)[O-])([N+](=O)[O-])([N+](=O)[O-])([N+](=O)[O-])[N+](=O)[O-].[K+].[K+].[K+]. The van der Waals surface area contributed by atoms with E-state index in [2.05, 4.69) is 0 Å². The molecule has 0 aliphatic carbocycles. The molecule has 0 rings (SSSR count). The van der Waals surface area contributed by atoms with Crippen LogP contribution in [-0.2, 0) is 14.3 Å². The first-order valence-corrected chi connectivity index (χ1v) is 9.51. The molecule has 0 saturated carbocycles. The molecule has 114 valence electrons. The average Bonchev–Trinajstić information content (AvgIpc) is 2.15. The van der Waals surface area contributed by atoms with Gasteiger partial charge in [0.05, 0.1) is 0 Å². The Morgan fingerprint density at radius 1 is 0.409 bits per heavy atom. The molecule has 0 amide bonds. The fourth-order valence-electron chi connectivity index (χ4n) is 0.667. The first-order valence-electron chi connectivity index (χ1n) is 3.09. The largest absolute Gasteiger partial charge is 1.00 e. The third kappa shape index (κ3) is 2.51. The second kappa shape index (κ2) is 9.06. The molecule has 0 bridgehead atoms. The summed E-state index contributed by atoms with van der Waals surface area (Å²) in [6.45, 7) is 0. The van der Waals surface area contributed by atoms with E-state index < -0.39 is 35.9 Å². The van der Waals surface area contributed by atoms with Crippen LogP contribution in [0.3, 0.4) is 0 Å². The van der Waals surface area contributed by atoms with Gasteiger partial charge in [-0.1, -0.05) is 0 Å². The maximum absolute atomic E-state index is 11.1. The van der Waals surface area contributed by atoms with Crippen molar-refractivity contribution in [1.82, 2.24) is 0 Å². The molecule has 0 atom stereocenters. The first-order chi connectivity index (χ1) is 8.34. The third-order valence-corrected chi connectivity index (χ3v) is 13.4. The summed E-state index contributed by atoms with van der Waals surface area (Å²) >= 11 is -11.1. The zero-order valence-electron chi connectivity index (χ0n) is 10.9. The van der Waals surface area contributed by atoms with Crippen LogP contribution in [0.5, 0.6) is 0 Å². The van der Waals surface area contributed by atoms with Gasteiger partial charge in [0.15, 0.2) is 0 Å². The minimum absolute atomic E-state index is 0. The molecule has 0 aliphatic rings. The van der Waals surface area contributed by atoms with Crippen molar-refractivity contribution in [2.75, 3.05) is 0 Å². The molecular weight excluding hydrogens is 586 g/mol. The van der Waals surface area contributed by atoms with Gasteiger partial charge in [-0.2, -0.15) is 0 Å². The maximum Gasteiger partial charge on any atom is 1.00 e. The summed E-state index contributed by atoms with van der Waals surface area (Å²) in [7, 11) is 0. The van der Waals surface area contributed by atoms with Gasteiger partial charge in [-0.25, -0.2) is 0 Å². The molecule has 0 aliphatic heterocycles. The van der Waals surface area contributed by atoms with Gasteiger partial charge in [0.1, 0.15) is 0 Å². The molecule has 22 heteroatoms. The van der Waals surface area contributed by atoms with Gasteiger partial charge in [-0.3, -0.25) is 0 Å². The van der Waals surface area contributed by atoms with Crippen molar-refractivity contribution >= 4 is 0 Å². The normalized spacial score (nSPS) is 12.5. The summed E-state index contributed by atoms with van der Waals surface area (Å²) < 4.78 is -19.2. The molecule has 0 fully saturated rings. The summed E-state index contributed by atoms with van der Waals surface area (Å²) in [5, 5.41) is 63.3. The predicted octanol–water partition coefficient (Wildman–Crippen LogP) is -10.6. The van der Waals surface area contributed by atoms with Gasteiger partial charge in [-0.15, -0.1) is 0 Å². The van der Waals surface area contributed by atoms with Crippen LogP contribution in [0.15, 0.2) is 0 Å². The van der Waals surface area contributed by atoms with Crippen molar-refractivity contribution in [2.24, 2.45) is 0 Å². The summed E-state index contributed by atoms with van der Waals surface area (Å²) in [6, 6.07) is 0. The van der Waals surface area contributed by atoms with E-state index in [1.165, 1.54) is 0 Å². The Kier molecular flexibility index (Phi) is 13.1. The van der Waals surface area contributed by atoms with Crippen molar-refractivity contribution < 1.29 is 190 Å². The quantitative estimate of drug-likeness (QED) is 0.160. The van der Waals surface area contributed by atoms with Crippen molar-refractivity contribution in [2.45, 2.75) is 0 Å². The standard InChI is InChI=1S/Ir.3K.6NO2/c;;;;6*2-1-3/q-3;3*+1;;;;;;. The van der Waals surface area contributed by atoms with Gasteiger partial charge in [0.25, 0.3) is 0 Å². The van der Waals surface area contributed by atoms with Crippen LogP contribution in [0, 0.1) is 60.7 Å². The van der Waals surface area contributed by atoms with Gasteiger partial charge < -0.3 is 0 Å². The minimum Gasteiger partial charge on any atom is 1.00 e. The fourth-order valence-corrected chi connectivity index (χ4v) is 5.46. The number of rotatable bonds is 6. The van der Waals surface area contributed by atoms with Crippen molar-refractivity contribution in [3.8, 4) is 0 Å². The van der Waals surface area contributed by atoms with Gasteiger partial charge in [0, 0.05) is 0 Å². The monoisotopic (exact) mass is 586 g/mol. The van der Waals surface area contributed by atoms with Crippen LogP contribution in [-0.4, -0.2) is 21.6 Å². The molecule has 0 aromatic rings. The smallest absolute Gasteiger partial charge is 1.00 e. The Morgan fingerprint density at radius 2 is 0.500 bits per heavy atom. The predicted molar refractivity (Wildman–Crippen MR) is 42.0 cm³/mol. The summed E-state index contributed by atoms with van der Waals surface area (Å²) in [5.41, 5.74) is 0. The number of hydrogen-bond donors (Lipinski definition) is 0. The molecule has 0 unspecified atom stereocenters. The number of nitro groups is 6. The Morgan fingerprint density at radius 3 is 0.500 bits per heavy atom. The molecule has 0 N–H and O–H groups in total. The molecule has 0 saturated heterocycles. The summed E-state index contributed by atoms with van der Waals surface area (Å²) in [4.78, 5) is 63.3. The van der Waals surface area contributed by atoms with Crippen molar-refractivity contribution in [3.63, 3.8) is 0 Å². The van der Waals surface area contributed by atoms with Crippen LogP contribution in [0.25, 0.3) is 0 Å². The molecule has 0 aromatic heterocycles. The van der Waals surface area contributed by atoms with Crippen LogP contribution >= 0.6 is 0 Å². The van der Waals surface area contributed by atoms with Crippen LogP contribution in [0.4, 0.5) is 0 Å². The van der Waals surface area contributed by atoms with E-state index in [4.69, 9.17) is 0 Å². The fraction of sp³-hybridized carbons (Fsp3) is 0. The Hall–Kier alpha value is 1.96. The second-order valence-corrected chi connectivity index (χ2v) is 14.6. The van der Waals surface area contributed by atoms with Crippen LogP contribution in [0.1, 0.15) is 0 Å². The molecule has 0 radical (unpaired) electrons. The van der Waals surface area contributed by atoms with E-state index in [9.17, 15) is 60.7 Å². The molecule has 0 aromatic carbocycles. The van der Waals surface area contributed by atoms with Crippen LogP contribution in [0.2, 0.25) is 0 Å². The van der Waals surface area contributed by atoms with E-state index in [1.807, 2.05) is 0 Å². The third-order valence-electron chi connectivity index (χ3n) is 1.63. The molecular formula is IrK3N6O12. The summed E-state index contributed by atoms with van der Waals surface area (Å²) in [5.74, 6) is 0. The average molecular weight is 586 g/mol. The Bertz CT molecular complexity index is 438. The maximum atomic E-state index is 10.6. The zero-order valence-corrected chi connectivity index (χ0v) is 22.7.